The van der Waals surface area contributed by atoms with Gasteiger partial charge in [-0.05, 0) is 75.2 Å². The molecule has 2 N–H and O–H groups in total. The predicted octanol–water partition coefficient (Wildman–Crippen LogP) is 5.17. The van der Waals surface area contributed by atoms with Gasteiger partial charge in [-0.1, -0.05) is 51.1 Å². The summed E-state index contributed by atoms with van der Waals surface area (Å²) < 4.78 is 5.45. The van der Waals surface area contributed by atoms with Gasteiger partial charge in [-0.2, -0.15) is 11.8 Å². The number of carbonyl (C=O) groups is 3. The SMILES string of the molecule is C=Cc1cccc(C(C(=O)NCCCC)N(C(=O)C(CCSC)NC(=O)OC(C)(C)C)C2CC2C)c1. The summed E-state index contributed by atoms with van der Waals surface area (Å²) in [6, 6.07) is 5.89. The molecule has 0 radical (unpaired) electrons. The first kappa shape index (κ1) is 29.7. The van der Waals surface area contributed by atoms with Gasteiger partial charge in [0.25, 0.3) is 0 Å². The van der Waals surface area contributed by atoms with Gasteiger partial charge in [0.2, 0.25) is 11.8 Å². The largest absolute Gasteiger partial charge is 0.444 e. The van der Waals surface area contributed by atoms with E-state index in [1.165, 1.54) is 0 Å². The summed E-state index contributed by atoms with van der Waals surface area (Å²) >= 11 is 1.60. The Morgan fingerprint density at radius 2 is 2.00 bits per heavy atom. The molecule has 36 heavy (non-hydrogen) atoms. The minimum atomic E-state index is -0.804. The average Bonchev–Trinajstić information content (AvgIpc) is 3.54. The number of rotatable bonds is 13. The summed E-state index contributed by atoms with van der Waals surface area (Å²) in [5, 5.41) is 5.82. The third-order valence-corrected chi connectivity index (χ3v) is 6.74. The number of unbranched alkanes of at least 4 members (excludes halogenated alkanes) is 1. The molecule has 0 aromatic heterocycles. The molecule has 4 unspecified atom stereocenters. The smallest absolute Gasteiger partial charge is 0.408 e. The molecule has 1 saturated carbocycles. The first-order chi connectivity index (χ1) is 17.0. The number of hydrogen-bond acceptors (Lipinski definition) is 5. The molecule has 1 aliphatic carbocycles. The topological polar surface area (TPSA) is 87.7 Å². The van der Waals surface area contributed by atoms with Crippen LogP contribution in [0, 0.1) is 5.92 Å². The van der Waals surface area contributed by atoms with Crippen molar-refractivity contribution in [2.24, 2.45) is 5.92 Å². The maximum absolute atomic E-state index is 14.1. The summed E-state index contributed by atoms with van der Waals surface area (Å²) in [6.07, 6.45) is 6.11. The zero-order valence-corrected chi connectivity index (χ0v) is 23.5. The standard InChI is InChI=1S/C28H43N3O4S/c1-8-10-15-29-25(32)24(21-13-11-12-20(9-2)18-21)31(23-17-19(23)3)26(33)22(14-16-36-7)30-27(34)35-28(4,5)6/h9,11-13,18-19,22-24H,2,8,10,14-17H2,1,3-7H3,(H,29,32)(H,30,34). The van der Waals surface area contributed by atoms with Gasteiger partial charge in [-0.25, -0.2) is 4.79 Å². The van der Waals surface area contributed by atoms with Crippen molar-refractivity contribution < 1.29 is 19.1 Å². The highest BCUT2D eigenvalue weighted by molar-refractivity contribution is 7.98. The quantitative estimate of drug-likeness (QED) is 0.353. The molecule has 0 saturated heterocycles. The van der Waals surface area contributed by atoms with Crippen molar-refractivity contribution in [2.75, 3.05) is 18.6 Å². The van der Waals surface area contributed by atoms with Crippen molar-refractivity contribution in [1.29, 1.82) is 0 Å². The Morgan fingerprint density at radius 3 is 2.56 bits per heavy atom. The number of nitrogens with zero attached hydrogens (tertiary/aromatic N) is 1. The predicted molar refractivity (Wildman–Crippen MR) is 148 cm³/mol. The van der Waals surface area contributed by atoms with Gasteiger partial charge in [-0.3, -0.25) is 9.59 Å². The number of amides is 3. The van der Waals surface area contributed by atoms with Crippen molar-refractivity contribution >= 4 is 35.7 Å². The van der Waals surface area contributed by atoms with Crippen LogP contribution in [0.15, 0.2) is 30.8 Å². The Bertz CT molecular complexity index is 914. The lowest BCUT2D eigenvalue weighted by molar-refractivity contribution is -0.143. The zero-order chi connectivity index (χ0) is 26.9. The van der Waals surface area contributed by atoms with Crippen molar-refractivity contribution in [2.45, 2.75) is 84.0 Å². The van der Waals surface area contributed by atoms with E-state index in [4.69, 9.17) is 4.74 Å². The van der Waals surface area contributed by atoms with E-state index < -0.39 is 23.8 Å². The lowest BCUT2D eigenvalue weighted by Gasteiger charge is -2.35. The van der Waals surface area contributed by atoms with Gasteiger partial charge in [0, 0.05) is 12.6 Å². The second-order valence-electron chi connectivity index (χ2n) is 10.4. The fraction of sp³-hybridized carbons (Fsp3) is 0.607. The monoisotopic (exact) mass is 517 g/mol. The molecule has 7 nitrogen and oxygen atoms in total. The highest BCUT2D eigenvalue weighted by atomic mass is 32.2. The Morgan fingerprint density at radius 1 is 1.31 bits per heavy atom. The second-order valence-corrected chi connectivity index (χ2v) is 11.4. The van der Waals surface area contributed by atoms with E-state index in [2.05, 4.69) is 31.1 Å². The summed E-state index contributed by atoms with van der Waals surface area (Å²) in [6.45, 7) is 13.9. The first-order valence-electron chi connectivity index (χ1n) is 12.8. The molecule has 1 aromatic carbocycles. The minimum absolute atomic E-state index is 0.0796. The van der Waals surface area contributed by atoms with Crippen LogP contribution in [0.5, 0.6) is 0 Å². The van der Waals surface area contributed by atoms with Gasteiger partial charge in [0.1, 0.15) is 17.7 Å². The summed E-state index contributed by atoms with van der Waals surface area (Å²) in [4.78, 5) is 42.1. The first-order valence-corrected chi connectivity index (χ1v) is 14.2. The fourth-order valence-electron chi connectivity index (χ4n) is 4.07. The van der Waals surface area contributed by atoms with Crippen LogP contribution in [0.3, 0.4) is 0 Å². The number of thioether (sulfide) groups is 1. The fourth-order valence-corrected chi connectivity index (χ4v) is 4.55. The molecule has 0 heterocycles. The third kappa shape index (κ3) is 8.87. The highest BCUT2D eigenvalue weighted by Gasteiger charge is 2.48. The maximum atomic E-state index is 14.1. The molecular formula is C28H43N3O4S. The molecule has 1 aliphatic rings. The van der Waals surface area contributed by atoms with E-state index in [0.717, 1.165) is 30.4 Å². The van der Waals surface area contributed by atoms with Gasteiger partial charge >= 0.3 is 6.09 Å². The Labute approximate surface area is 220 Å². The van der Waals surface area contributed by atoms with Crippen LogP contribution in [0.1, 0.15) is 77.5 Å². The number of alkyl carbamates (subject to hydrolysis) is 1. The Hall–Kier alpha value is -2.48. The van der Waals surface area contributed by atoms with Crippen molar-refractivity contribution in [1.82, 2.24) is 15.5 Å². The molecule has 0 aliphatic heterocycles. The molecule has 3 amide bonds. The van der Waals surface area contributed by atoms with E-state index in [-0.39, 0.29) is 23.8 Å². The average molecular weight is 518 g/mol. The van der Waals surface area contributed by atoms with E-state index >= 15 is 0 Å². The van der Waals surface area contributed by atoms with Gasteiger partial charge in [0.05, 0.1) is 0 Å². The third-order valence-electron chi connectivity index (χ3n) is 6.10. The molecule has 0 spiro atoms. The Kier molecular flexibility index (Phi) is 11.3. The van der Waals surface area contributed by atoms with Crippen LogP contribution in [-0.4, -0.2) is 59.0 Å². The Balaban J connectivity index is 2.46. The van der Waals surface area contributed by atoms with E-state index in [1.807, 2.05) is 30.5 Å². The molecule has 1 aromatic rings. The lowest BCUT2D eigenvalue weighted by Crippen LogP contribution is -2.54. The van der Waals surface area contributed by atoms with Gasteiger partial charge in [-0.15, -0.1) is 0 Å². The van der Waals surface area contributed by atoms with Crippen LogP contribution >= 0.6 is 11.8 Å². The van der Waals surface area contributed by atoms with E-state index in [1.54, 1.807) is 43.5 Å². The molecule has 2 rings (SSSR count). The molecule has 0 bridgehead atoms. The molecule has 4 atom stereocenters. The van der Waals surface area contributed by atoms with Crippen molar-refractivity contribution in [3.63, 3.8) is 0 Å². The van der Waals surface area contributed by atoms with Crippen LogP contribution < -0.4 is 10.6 Å². The zero-order valence-electron chi connectivity index (χ0n) is 22.6. The normalized spacial score (nSPS) is 18.5. The van der Waals surface area contributed by atoms with E-state index in [9.17, 15) is 14.4 Å². The van der Waals surface area contributed by atoms with E-state index in [0.29, 0.717) is 18.7 Å². The van der Waals surface area contributed by atoms with Gasteiger partial charge < -0.3 is 20.3 Å². The number of carbonyl (C=O) groups excluding carboxylic acids is 3. The van der Waals surface area contributed by atoms with Crippen LogP contribution in [0.25, 0.3) is 6.08 Å². The number of benzene rings is 1. The number of hydrogen-bond donors (Lipinski definition) is 2. The van der Waals surface area contributed by atoms with Crippen molar-refractivity contribution in [3.8, 4) is 0 Å². The summed E-state index contributed by atoms with van der Waals surface area (Å²) in [5.74, 6) is 0.478. The summed E-state index contributed by atoms with van der Waals surface area (Å²) in [7, 11) is 0. The maximum Gasteiger partial charge on any atom is 0.408 e. The van der Waals surface area contributed by atoms with Crippen molar-refractivity contribution in [3.05, 3.63) is 42.0 Å². The highest BCUT2D eigenvalue weighted by Crippen LogP contribution is 2.41. The number of ether oxygens (including phenoxy) is 1. The molecular weight excluding hydrogens is 474 g/mol. The molecule has 200 valence electrons. The molecule has 8 heteroatoms. The number of nitrogens with one attached hydrogen (secondary N) is 2. The van der Waals surface area contributed by atoms with Crippen LogP contribution in [0.2, 0.25) is 0 Å². The van der Waals surface area contributed by atoms with Crippen LogP contribution in [-0.2, 0) is 14.3 Å². The second kappa shape index (κ2) is 13.7. The summed E-state index contributed by atoms with van der Waals surface area (Å²) in [5.41, 5.74) is 0.921. The lowest BCUT2D eigenvalue weighted by atomic mass is 9.99. The van der Waals surface area contributed by atoms with Crippen LogP contribution in [0.4, 0.5) is 4.79 Å². The minimum Gasteiger partial charge on any atom is -0.444 e. The van der Waals surface area contributed by atoms with Gasteiger partial charge in [0.15, 0.2) is 0 Å². The molecule has 1 fully saturated rings.